The van der Waals surface area contributed by atoms with E-state index in [2.05, 4.69) is 17.1 Å². The van der Waals surface area contributed by atoms with Gasteiger partial charge in [0.05, 0.1) is 6.04 Å². The monoisotopic (exact) mass is 264 g/mol. The second-order valence-corrected chi connectivity index (χ2v) is 5.71. The minimum Gasteiger partial charge on any atom is -0.334 e. The molecule has 2 aromatic rings. The van der Waals surface area contributed by atoms with Crippen molar-refractivity contribution in [3.63, 3.8) is 0 Å². The van der Waals surface area contributed by atoms with Crippen molar-refractivity contribution >= 4 is 5.91 Å². The van der Waals surface area contributed by atoms with Crippen LogP contribution in [-0.4, -0.2) is 22.8 Å². The third-order valence-corrected chi connectivity index (χ3v) is 4.56. The maximum Gasteiger partial charge on any atom is 0.254 e. The van der Waals surface area contributed by atoms with E-state index >= 15 is 0 Å². The van der Waals surface area contributed by atoms with Crippen LogP contribution in [0.2, 0.25) is 0 Å². The van der Waals surface area contributed by atoms with Crippen molar-refractivity contribution in [3.05, 3.63) is 65.5 Å². The first kappa shape index (κ1) is 11.6. The molecular weight excluding hydrogens is 248 g/mol. The highest BCUT2D eigenvalue weighted by Crippen LogP contribution is 2.57. The molecule has 3 heteroatoms. The molecule has 3 atom stereocenters. The van der Waals surface area contributed by atoms with Crippen molar-refractivity contribution in [3.8, 4) is 0 Å². The van der Waals surface area contributed by atoms with Crippen LogP contribution < -0.4 is 0 Å². The Morgan fingerprint density at radius 1 is 1.15 bits per heavy atom. The highest BCUT2D eigenvalue weighted by Gasteiger charge is 2.51. The normalized spacial score (nSPS) is 27.6. The van der Waals surface area contributed by atoms with Crippen molar-refractivity contribution in [1.82, 2.24) is 9.88 Å². The van der Waals surface area contributed by atoms with Crippen molar-refractivity contribution in [1.29, 1.82) is 0 Å². The number of carbonyl (C=O) groups excluding carboxylic acids is 1. The smallest absolute Gasteiger partial charge is 0.254 e. The summed E-state index contributed by atoms with van der Waals surface area (Å²) in [7, 11) is 1.92. The molecular formula is C17H16N2O. The van der Waals surface area contributed by atoms with E-state index in [1.54, 1.807) is 0 Å². The Kier molecular flexibility index (Phi) is 2.43. The number of amides is 1. The average molecular weight is 264 g/mol. The lowest BCUT2D eigenvalue weighted by atomic mass is 9.99. The second-order valence-electron chi connectivity index (χ2n) is 5.71. The summed E-state index contributed by atoms with van der Waals surface area (Å²) in [6.45, 7) is 0. The van der Waals surface area contributed by atoms with Gasteiger partial charge in [-0.15, -0.1) is 0 Å². The summed E-state index contributed by atoms with van der Waals surface area (Å²) in [5, 5.41) is 0. The molecule has 0 N–H and O–H groups in total. The van der Waals surface area contributed by atoms with Crippen molar-refractivity contribution in [2.24, 2.45) is 5.92 Å². The maximum absolute atomic E-state index is 12.3. The van der Waals surface area contributed by atoms with Gasteiger partial charge in [-0.1, -0.05) is 24.3 Å². The molecule has 1 aliphatic heterocycles. The molecule has 1 aliphatic carbocycles. The van der Waals surface area contributed by atoms with Crippen LogP contribution in [0, 0.1) is 5.92 Å². The van der Waals surface area contributed by atoms with Crippen LogP contribution in [0.5, 0.6) is 0 Å². The molecule has 2 heterocycles. The SMILES string of the molecule is CN1C(=O)c2ccccc2C1C1CC1c1ccccn1. The Bertz CT molecular complexity index is 668. The summed E-state index contributed by atoms with van der Waals surface area (Å²) in [5.74, 6) is 1.14. The van der Waals surface area contributed by atoms with Gasteiger partial charge in [-0.2, -0.15) is 0 Å². The number of hydrogen-bond donors (Lipinski definition) is 0. The van der Waals surface area contributed by atoms with Gasteiger partial charge in [-0.25, -0.2) is 0 Å². The van der Waals surface area contributed by atoms with Gasteiger partial charge >= 0.3 is 0 Å². The predicted molar refractivity (Wildman–Crippen MR) is 76.4 cm³/mol. The van der Waals surface area contributed by atoms with Gasteiger partial charge in [0, 0.05) is 30.4 Å². The molecule has 1 amide bonds. The van der Waals surface area contributed by atoms with E-state index in [1.807, 2.05) is 48.5 Å². The Morgan fingerprint density at radius 3 is 2.75 bits per heavy atom. The van der Waals surface area contributed by atoms with Crippen LogP contribution in [0.3, 0.4) is 0 Å². The summed E-state index contributed by atoms with van der Waals surface area (Å²) < 4.78 is 0. The number of rotatable bonds is 2. The molecule has 1 fully saturated rings. The first-order valence-corrected chi connectivity index (χ1v) is 7.04. The molecule has 1 aromatic heterocycles. The third-order valence-electron chi connectivity index (χ3n) is 4.56. The molecule has 3 nitrogen and oxygen atoms in total. The van der Waals surface area contributed by atoms with Crippen LogP contribution in [0.15, 0.2) is 48.7 Å². The lowest BCUT2D eigenvalue weighted by Crippen LogP contribution is -2.24. The number of carbonyl (C=O) groups is 1. The minimum absolute atomic E-state index is 0.150. The summed E-state index contributed by atoms with van der Waals surface area (Å²) >= 11 is 0. The number of aromatic nitrogens is 1. The van der Waals surface area contributed by atoms with Crippen molar-refractivity contribution in [2.75, 3.05) is 7.05 Å². The Labute approximate surface area is 118 Å². The Balaban J connectivity index is 1.67. The number of fused-ring (bicyclic) bond motifs is 1. The van der Waals surface area contributed by atoms with E-state index in [-0.39, 0.29) is 11.9 Å². The zero-order valence-electron chi connectivity index (χ0n) is 11.4. The molecule has 4 rings (SSSR count). The van der Waals surface area contributed by atoms with Gasteiger partial charge in [0.1, 0.15) is 0 Å². The lowest BCUT2D eigenvalue weighted by molar-refractivity contribution is 0.0758. The first-order chi connectivity index (χ1) is 9.77. The van der Waals surface area contributed by atoms with Gasteiger partial charge in [-0.05, 0) is 36.1 Å². The fraction of sp³-hybridized carbons (Fsp3) is 0.294. The summed E-state index contributed by atoms with van der Waals surface area (Å²) in [6.07, 6.45) is 2.97. The van der Waals surface area contributed by atoms with E-state index < -0.39 is 0 Å². The largest absolute Gasteiger partial charge is 0.334 e. The lowest BCUT2D eigenvalue weighted by Gasteiger charge is -2.21. The molecule has 0 bridgehead atoms. The number of pyridine rings is 1. The number of nitrogens with zero attached hydrogens (tertiary/aromatic N) is 2. The fourth-order valence-corrected chi connectivity index (χ4v) is 3.49. The summed E-state index contributed by atoms with van der Waals surface area (Å²) in [6, 6.07) is 14.3. The van der Waals surface area contributed by atoms with Gasteiger partial charge in [0.25, 0.3) is 5.91 Å². The maximum atomic E-state index is 12.3. The van der Waals surface area contributed by atoms with Crippen LogP contribution in [-0.2, 0) is 0 Å². The van der Waals surface area contributed by atoms with E-state index in [9.17, 15) is 4.79 Å². The summed E-state index contributed by atoms with van der Waals surface area (Å²) in [4.78, 5) is 18.7. The minimum atomic E-state index is 0.150. The highest BCUT2D eigenvalue weighted by molar-refractivity contribution is 5.99. The molecule has 2 aliphatic rings. The van der Waals surface area contributed by atoms with Gasteiger partial charge in [-0.3, -0.25) is 9.78 Å². The van der Waals surface area contributed by atoms with Crippen molar-refractivity contribution < 1.29 is 4.79 Å². The first-order valence-electron chi connectivity index (χ1n) is 7.04. The van der Waals surface area contributed by atoms with E-state index in [0.717, 1.165) is 17.7 Å². The van der Waals surface area contributed by atoms with E-state index in [1.165, 1.54) is 5.56 Å². The highest BCUT2D eigenvalue weighted by atomic mass is 16.2. The molecule has 1 saturated carbocycles. The van der Waals surface area contributed by atoms with E-state index in [4.69, 9.17) is 0 Å². The Morgan fingerprint density at radius 2 is 1.95 bits per heavy atom. The number of benzene rings is 1. The zero-order valence-corrected chi connectivity index (χ0v) is 11.4. The van der Waals surface area contributed by atoms with Crippen molar-refractivity contribution in [2.45, 2.75) is 18.4 Å². The quantitative estimate of drug-likeness (QED) is 0.835. The topological polar surface area (TPSA) is 33.2 Å². The van der Waals surface area contributed by atoms with Crippen LogP contribution in [0.1, 0.15) is 40.0 Å². The van der Waals surface area contributed by atoms with Gasteiger partial charge < -0.3 is 4.90 Å². The third kappa shape index (κ3) is 1.59. The zero-order chi connectivity index (χ0) is 13.7. The molecule has 0 saturated heterocycles. The molecule has 100 valence electrons. The molecule has 0 radical (unpaired) electrons. The van der Waals surface area contributed by atoms with Crippen LogP contribution >= 0.6 is 0 Å². The average Bonchev–Trinajstić information content (AvgIpc) is 3.24. The van der Waals surface area contributed by atoms with E-state index in [0.29, 0.717) is 11.8 Å². The molecule has 0 spiro atoms. The fourth-order valence-electron chi connectivity index (χ4n) is 3.49. The molecule has 1 aromatic carbocycles. The molecule has 20 heavy (non-hydrogen) atoms. The number of hydrogen-bond acceptors (Lipinski definition) is 2. The van der Waals surface area contributed by atoms with Gasteiger partial charge in [0.2, 0.25) is 0 Å². The van der Waals surface area contributed by atoms with Gasteiger partial charge in [0.15, 0.2) is 0 Å². The predicted octanol–water partition coefficient (Wildman–Crippen LogP) is 3.01. The summed E-state index contributed by atoms with van der Waals surface area (Å²) in [5.41, 5.74) is 3.21. The van der Waals surface area contributed by atoms with Crippen LogP contribution in [0.4, 0.5) is 0 Å². The standard InChI is InChI=1S/C17H16N2O/c1-19-16(11-6-2-3-7-12(11)17(19)20)14-10-13(14)15-8-4-5-9-18-15/h2-9,13-14,16H,10H2,1H3. The van der Waals surface area contributed by atoms with Crippen LogP contribution in [0.25, 0.3) is 0 Å². The molecule has 3 unspecified atom stereocenters. The second kappa shape index (κ2) is 4.17. The Hall–Kier alpha value is -2.16.